The van der Waals surface area contributed by atoms with Gasteiger partial charge >= 0.3 is 0 Å². The zero-order chi connectivity index (χ0) is 14.6. The van der Waals surface area contributed by atoms with E-state index in [2.05, 4.69) is 26.1 Å². The molecular weight excluding hydrogens is 258 g/mol. The molecule has 0 saturated heterocycles. The molecule has 0 aliphatic heterocycles. The van der Waals surface area contributed by atoms with Gasteiger partial charge in [0.1, 0.15) is 0 Å². The van der Waals surface area contributed by atoms with Crippen LogP contribution in [0, 0.1) is 17.8 Å². The molecule has 0 radical (unpaired) electrons. The van der Waals surface area contributed by atoms with E-state index in [1.165, 1.54) is 0 Å². The van der Waals surface area contributed by atoms with Crippen LogP contribution in [0.15, 0.2) is 0 Å². The number of sulfone groups is 1. The third kappa shape index (κ3) is 4.45. The van der Waals surface area contributed by atoms with Crippen LogP contribution in [0.25, 0.3) is 0 Å². The lowest BCUT2D eigenvalue weighted by molar-refractivity contribution is 0.246. The lowest BCUT2D eigenvalue weighted by atomic mass is 9.79. The van der Waals surface area contributed by atoms with E-state index in [0.717, 1.165) is 25.7 Å². The Bertz CT molecular complexity index is 364. The monoisotopic (exact) mass is 289 g/mol. The standard InChI is InChI=1S/C15H31NO2S/c1-6-12(4)10-19(17,18)15-9-13(11(2)3)7-8-14(15)16-5/h11-16H,6-10H2,1-5H3. The van der Waals surface area contributed by atoms with Crippen molar-refractivity contribution in [2.75, 3.05) is 12.8 Å². The maximum absolute atomic E-state index is 12.7. The SMILES string of the molecule is CCC(C)CS(=O)(=O)C1CC(C(C)C)CCC1NC. The molecule has 0 aromatic carbocycles. The summed E-state index contributed by atoms with van der Waals surface area (Å²) in [5.74, 6) is 1.75. The molecule has 1 N–H and O–H groups in total. The molecular formula is C15H31NO2S. The molecule has 0 spiro atoms. The quantitative estimate of drug-likeness (QED) is 0.818. The predicted molar refractivity (Wildman–Crippen MR) is 82.1 cm³/mol. The average Bonchev–Trinajstić information content (AvgIpc) is 2.37. The first kappa shape index (κ1) is 17.0. The van der Waals surface area contributed by atoms with Crippen LogP contribution in [0.2, 0.25) is 0 Å². The summed E-state index contributed by atoms with van der Waals surface area (Å²) in [5.41, 5.74) is 0. The Labute approximate surface area is 119 Å². The summed E-state index contributed by atoms with van der Waals surface area (Å²) in [6.45, 7) is 8.52. The van der Waals surface area contributed by atoms with Crippen molar-refractivity contribution >= 4 is 9.84 Å². The normalized spacial score (nSPS) is 30.5. The Hall–Kier alpha value is -0.0900. The molecule has 0 aromatic heterocycles. The minimum absolute atomic E-state index is 0.143. The van der Waals surface area contributed by atoms with Gasteiger partial charge in [-0.05, 0) is 44.1 Å². The van der Waals surface area contributed by atoms with E-state index in [9.17, 15) is 8.42 Å². The zero-order valence-corrected chi connectivity index (χ0v) is 14.0. The highest BCUT2D eigenvalue weighted by molar-refractivity contribution is 7.92. The summed E-state index contributed by atoms with van der Waals surface area (Å²) in [6, 6.07) is 0.143. The van der Waals surface area contributed by atoms with Crippen LogP contribution in [-0.2, 0) is 9.84 Å². The summed E-state index contributed by atoms with van der Waals surface area (Å²) in [7, 11) is -1.09. The lowest BCUT2D eigenvalue weighted by Gasteiger charge is -2.37. The predicted octanol–water partition coefficient (Wildman–Crippen LogP) is 2.86. The fourth-order valence-corrected chi connectivity index (χ4v) is 5.72. The van der Waals surface area contributed by atoms with Crippen LogP contribution in [0.5, 0.6) is 0 Å². The molecule has 19 heavy (non-hydrogen) atoms. The molecule has 1 saturated carbocycles. The largest absolute Gasteiger partial charge is 0.316 e. The summed E-state index contributed by atoms with van der Waals surface area (Å²) < 4.78 is 25.3. The fourth-order valence-electron chi connectivity index (χ4n) is 3.13. The van der Waals surface area contributed by atoms with Crippen molar-refractivity contribution < 1.29 is 8.42 Å². The smallest absolute Gasteiger partial charge is 0.154 e. The van der Waals surface area contributed by atoms with Crippen molar-refractivity contribution in [3.8, 4) is 0 Å². The lowest BCUT2D eigenvalue weighted by Crippen LogP contribution is -2.48. The van der Waals surface area contributed by atoms with Crippen molar-refractivity contribution in [1.82, 2.24) is 5.32 Å². The van der Waals surface area contributed by atoms with E-state index in [1.54, 1.807) is 0 Å². The fraction of sp³-hybridized carbons (Fsp3) is 1.00. The van der Waals surface area contributed by atoms with Crippen LogP contribution in [-0.4, -0.2) is 32.5 Å². The van der Waals surface area contributed by atoms with Gasteiger partial charge in [0.05, 0.1) is 11.0 Å². The van der Waals surface area contributed by atoms with Crippen molar-refractivity contribution in [1.29, 1.82) is 0 Å². The van der Waals surface area contributed by atoms with E-state index >= 15 is 0 Å². The van der Waals surface area contributed by atoms with E-state index < -0.39 is 9.84 Å². The first-order chi connectivity index (χ1) is 8.81. The first-order valence-corrected chi connectivity index (χ1v) is 9.42. The summed E-state index contributed by atoms with van der Waals surface area (Å²) in [6.07, 6.45) is 3.91. The topological polar surface area (TPSA) is 46.2 Å². The van der Waals surface area contributed by atoms with Gasteiger partial charge in [-0.25, -0.2) is 8.42 Å². The van der Waals surface area contributed by atoms with Gasteiger partial charge in [0.2, 0.25) is 0 Å². The third-order valence-corrected chi connectivity index (χ3v) is 7.30. The van der Waals surface area contributed by atoms with Gasteiger partial charge in [0.15, 0.2) is 9.84 Å². The molecule has 1 aliphatic carbocycles. The molecule has 0 bridgehead atoms. The van der Waals surface area contributed by atoms with Gasteiger partial charge in [-0.3, -0.25) is 0 Å². The van der Waals surface area contributed by atoms with Gasteiger partial charge in [-0.2, -0.15) is 0 Å². The molecule has 4 atom stereocenters. The second-order valence-electron chi connectivity index (χ2n) is 6.59. The Morgan fingerprint density at radius 1 is 1.21 bits per heavy atom. The number of nitrogens with one attached hydrogen (secondary N) is 1. The molecule has 0 amide bonds. The minimum Gasteiger partial charge on any atom is -0.316 e. The van der Waals surface area contributed by atoms with Gasteiger partial charge in [-0.15, -0.1) is 0 Å². The van der Waals surface area contributed by atoms with Crippen molar-refractivity contribution in [3.63, 3.8) is 0 Å². The third-order valence-electron chi connectivity index (χ3n) is 4.82. The Morgan fingerprint density at radius 2 is 1.84 bits per heavy atom. The Balaban J connectivity index is 2.85. The zero-order valence-electron chi connectivity index (χ0n) is 13.1. The van der Waals surface area contributed by atoms with Crippen LogP contribution in [0.4, 0.5) is 0 Å². The minimum atomic E-state index is -2.98. The maximum Gasteiger partial charge on any atom is 0.154 e. The number of hydrogen-bond donors (Lipinski definition) is 1. The molecule has 3 nitrogen and oxygen atoms in total. The second kappa shape index (κ2) is 7.07. The van der Waals surface area contributed by atoms with Crippen LogP contribution < -0.4 is 5.32 Å². The van der Waals surface area contributed by atoms with Gasteiger partial charge in [0, 0.05) is 6.04 Å². The molecule has 4 heteroatoms. The summed E-state index contributed by atoms with van der Waals surface area (Å²) in [5, 5.41) is 3.04. The molecule has 4 unspecified atom stereocenters. The van der Waals surface area contributed by atoms with E-state index in [4.69, 9.17) is 0 Å². The van der Waals surface area contributed by atoms with Crippen molar-refractivity contribution in [2.45, 2.75) is 64.7 Å². The molecule has 1 rings (SSSR count). The van der Waals surface area contributed by atoms with E-state index in [-0.39, 0.29) is 17.2 Å². The van der Waals surface area contributed by atoms with E-state index in [1.807, 2.05) is 14.0 Å². The first-order valence-electron chi connectivity index (χ1n) is 7.70. The van der Waals surface area contributed by atoms with Crippen LogP contribution in [0.3, 0.4) is 0 Å². The highest BCUT2D eigenvalue weighted by atomic mass is 32.2. The molecule has 0 aromatic rings. The molecule has 1 aliphatic rings. The maximum atomic E-state index is 12.7. The Kier molecular flexibility index (Phi) is 6.31. The number of rotatable bonds is 6. The van der Waals surface area contributed by atoms with E-state index in [0.29, 0.717) is 17.6 Å². The molecule has 114 valence electrons. The molecule has 1 fully saturated rings. The van der Waals surface area contributed by atoms with Gasteiger partial charge < -0.3 is 5.32 Å². The Morgan fingerprint density at radius 3 is 2.32 bits per heavy atom. The summed E-state index contributed by atoms with van der Waals surface area (Å²) in [4.78, 5) is 0. The summed E-state index contributed by atoms with van der Waals surface area (Å²) >= 11 is 0. The van der Waals surface area contributed by atoms with Crippen molar-refractivity contribution in [2.24, 2.45) is 17.8 Å². The highest BCUT2D eigenvalue weighted by Gasteiger charge is 2.39. The van der Waals surface area contributed by atoms with Crippen LogP contribution in [0.1, 0.15) is 53.4 Å². The number of hydrogen-bond acceptors (Lipinski definition) is 3. The van der Waals surface area contributed by atoms with Crippen LogP contribution >= 0.6 is 0 Å². The van der Waals surface area contributed by atoms with Gasteiger partial charge in [-0.1, -0.05) is 34.1 Å². The highest BCUT2D eigenvalue weighted by Crippen LogP contribution is 2.34. The molecule has 0 heterocycles. The van der Waals surface area contributed by atoms with Gasteiger partial charge in [0.25, 0.3) is 0 Å². The van der Waals surface area contributed by atoms with Crippen molar-refractivity contribution in [3.05, 3.63) is 0 Å². The second-order valence-corrected chi connectivity index (χ2v) is 8.86. The average molecular weight is 289 g/mol.